The van der Waals surface area contributed by atoms with Crippen molar-refractivity contribution in [3.8, 4) is 5.75 Å². The van der Waals surface area contributed by atoms with Gasteiger partial charge in [-0.1, -0.05) is 30.3 Å². The van der Waals surface area contributed by atoms with Crippen molar-refractivity contribution in [1.29, 1.82) is 0 Å². The molecule has 0 N–H and O–H groups in total. The van der Waals surface area contributed by atoms with Gasteiger partial charge in [-0.15, -0.1) is 0 Å². The first kappa shape index (κ1) is 20.5. The fourth-order valence-electron chi connectivity index (χ4n) is 4.72. The van der Waals surface area contributed by atoms with Crippen LogP contribution in [0.5, 0.6) is 5.75 Å². The Morgan fingerprint density at radius 1 is 0.933 bits per heavy atom. The van der Waals surface area contributed by atoms with Gasteiger partial charge in [0.1, 0.15) is 5.75 Å². The van der Waals surface area contributed by atoms with Crippen molar-refractivity contribution in [3.63, 3.8) is 0 Å². The van der Waals surface area contributed by atoms with Gasteiger partial charge in [-0.25, -0.2) is 0 Å². The fourth-order valence-corrected chi connectivity index (χ4v) is 4.72. The molecule has 2 saturated heterocycles. The van der Waals surface area contributed by atoms with Gasteiger partial charge in [-0.05, 0) is 60.9 Å². The van der Waals surface area contributed by atoms with Crippen LogP contribution in [0.3, 0.4) is 0 Å². The molecule has 2 aliphatic rings. The van der Waals surface area contributed by atoms with E-state index >= 15 is 0 Å². The lowest BCUT2D eigenvalue weighted by molar-refractivity contribution is -0.131. The molecule has 2 aromatic carbocycles. The molecule has 158 valence electrons. The number of nitrogens with zero attached hydrogens (tertiary/aromatic N) is 2. The number of amides is 2. The van der Waals surface area contributed by atoms with Gasteiger partial charge in [-0.3, -0.25) is 9.59 Å². The fraction of sp³-hybridized carbons (Fsp3) is 0.440. The molecule has 5 nitrogen and oxygen atoms in total. The van der Waals surface area contributed by atoms with Crippen LogP contribution >= 0.6 is 0 Å². The van der Waals surface area contributed by atoms with E-state index in [1.165, 1.54) is 5.56 Å². The number of piperidine rings is 1. The Morgan fingerprint density at radius 3 is 2.27 bits per heavy atom. The molecule has 0 bridgehead atoms. The van der Waals surface area contributed by atoms with Crippen LogP contribution in [0.25, 0.3) is 0 Å². The average molecular weight is 407 g/mol. The standard InChI is InChI=1S/C25H30N2O3/c1-30-22-9-7-21(8-10-22)24(29)26-16-13-25(14-17-26)12-11-23(28)27(18-15-25)19-20-5-3-2-4-6-20/h2-10H,11-19H2,1H3. The van der Waals surface area contributed by atoms with Gasteiger partial charge in [0.25, 0.3) is 5.91 Å². The van der Waals surface area contributed by atoms with E-state index in [2.05, 4.69) is 12.1 Å². The zero-order chi connectivity index (χ0) is 21.0. The summed E-state index contributed by atoms with van der Waals surface area (Å²) >= 11 is 0. The van der Waals surface area contributed by atoms with Gasteiger partial charge < -0.3 is 14.5 Å². The summed E-state index contributed by atoms with van der Waals surface area (Å²) < 4.78 is 5.18. The number of rotatable bonds is 4. The maximum Gasteiger partial charge on any atom is 0.253 e. The molecule has 2 fully saturated rings. The van der Waals surface area contributed by atoms with Crippen LogP contribution in [0.4, 0.5) is 0 Å². The molecule has 2 amide bonds. The number of carbonyl (C=O) groups excluding carboxylic acids is 2. The zero-order valence-electron chi connectivity index (χ0n) is 17.7. The molecule has 4 rings (SSSR count). The summed E-state index contributed by atoms with van der Waals surface area (Å²) in [5, 5.41) is 0. The van der Waals surface area contributed by atoms with Crippen molar-refractivity contribution < 1.29 is 14.3 Å². The summed E-state index contributed by atoms with van der Waals surface area (Å²) in [5.74, 6) is 1.10. The molecule has 0 radical (unpaired) electrons. The first-order chi connectivity index (χ1) is 14.6. The smallest absolute Gasteiger partial charge is 0.253 e. The predicted molar refractivity (Wildman–Crippen MR) is 116 cm³/mol. The normalized spacial score (nSPS) is 18.9. The van der Waals surface area contributed by atoms with Crippen LogP contribution in [-0.4, -0.2) is 48.4 Å². The third-order valence-corrected chi connectivity index (χ3v) is 6.80. The van der Waals surface area contributed by atoms with E-state index in [9.17, 15) is 9.59 Å². The van der Waals surface area contributed by atoms with Crippen molar-refractivity contribution in [1.82, 2.24) is 9.80 Å². The quantitative estimate of drug-likeness (QED) is 0.767. The number of hydrogen-bond acceptors (Lipinski definition) is 3. The van der Waals surface area contributed by atoms with E-state index < -0.39 is 0 Å². The minimum Gasteiger partial charge on any atom is -0.497 e. The Morgan fingerprint density at radius 2 is 1.60 bits per heavy atom. The molecule has 0 unspecified atom stereocenters. The maximum atomic E-state index is 12.9. The monoisotopic (exact) mass is 406 g/mol. The highest BCUT2D eigenvalue weighted by molar-refractivity contribution is 5.94. The number of methoxy groups -OCH3 is 1. The lowest BCUT2D eigenvalue weighted by Gasteiger charge is -2.41. The number of ether oxygens (including phenoxy) is 1. The van der Waals surface area contributed by atoms with E-state index in [1.807, 2.05) is 52.3 Å². The Labute approximate surface area is 178 Å². The van der Waals surface area contributed by atoms with E-state index in [4.69, 9.17) is 4.74 Å². The molecular formula is C25H30N2O3. The van der Waals surface area contributed by atoms with E-state index in [0.717, 1.165) is 51.1 Å². The molecule has 0 aliphatic carbocycles. The molecule has 2 heterocycles. The topological polar surface area (TPSA) is 49.9 Å². The summed E-state index contributed by atoms with van der Waals surface area (Å²) in [6.45, 7) is 3.02. The van der Waals surface area contributed by atoms with E-state index in [1.54, 1.807) is 7.11 Å². The summed E-state index contributed by atoms with van der Waals surface area (Å²) in [6.07, 6.45) is 4.51. The second-order valence-electron chi connectivity index (χ2n) is 8.57. The summed E-state index contributed by atoms with van der Waals surface area (Å²) in [6, 6.07) is 17.5. The lowest BCUT2D eigenvalue weighted by Crippen LogP contribution is -2.43. The summed E-state index contributed by atoms with van der Waals surface area (Å²) in [5.41, 5.74) is 2.07. The molecular weight excluding hydrogens is 376 g/mol. The minimum absolute atomic E-state index is 0.0860. The SMILES string of the molecule is COc1ccc(C(=O)N2CCC3(CCC(=O)N(Cc4ccccc4)CC3)CC2)cc1. The second-order valence-corrected chi connectivity index (χ2v) is 8.57. The zero-order valence-corrected chi connectivity index (χ0v) is 17.7. The Bertz CT molecular complexity index is 871. The molecule has 30 heavy (non-hydrogen) atoms. The minimum atomic E-state index is 0.0860. The highest BCUT2D eigenvalue weighted by atomic mass is 16.5. The van der Waals surface area contributed by atoms with Crippen LogP contribution in [0.1, 0.15) is 48.0 Å². The van der Waals surface area contributed by atoms with Crippen molar-refractivity contribution in [3.05, 3.63) is 65.7 Å². The number of likely N-dealkylation sites (tertiary alicyclic amines) is 2. The maximum absolute atomic E-state index is 12.9. The van der Waals surface area contributed by atoms with E-state index in [-0.39, 0.29) is 17.2 Å². The van der Waals surface area contributed by atoms with Crippen LogP contribution in [0.15, 0.2) is 54.6 Å². The Balaban J connectivity index is 1.35. The van der Waals surface area contributed by atoms with Gasteiger partial charge in [-0.2, -0.15) is 0 Å². The lowest BCUT2D eigenvalue weighted by atomic mass is 9.73. The van der Waals surface area contributed by atoms with Gasteiger partial charge in [0.2, 0.25) is 5.91 Å². The number of benzene rings is 2. The van der Waals surface area contributed by atoms with Crippen molar-refractivity contribution in [2.75, 3.05) is 26.7 Å². The molecule has 0 atom stereocenters. The molecule has 0 aromatic heterocycles. The van der Waals surface area contributed by atoms with Crippen molar-refractivity contribution in [2.45, 2.75) is 38.6 Å². The highest BCUT2D eigenvalue weighted by Crippen LogP contribution is 2.42. The third-order valence-electron chi connectivity index (χ3n) is 6.80. The summed E-state index contributed by atoms with van der Waals surface area (Å²) in [7, 11) is 1.62. The predicted octanol–water partition coefficient (Wildman–Crippen LogP) is 4.13. The first-order valence-electron chi connectivity index (χ1n) is 10.8. The van der Waals surface area contributed by atoms with Crippen LogP contribution in [0.2, 0.25) is 0 Å². The number of carbonyl (C=O) groups is 2. The number of hydrogen-bond donors (Lipinski definition) is 0. The van der Waals surface area contributed by atoms with Crippen molar-refractivity contribution >= 4 is 11.8 Å². The highest BCUT2D eigenvalue weighted by Gasteiger charge is 2.39. The van der Waals surface area contributed by atoms with Gasteiger partial charge in [0.15, 0.2) is 0 Å². The molecule has 0 saturated carbocycles. The molecule has 5 heteroatoms. The molecule has 2 aliphatic heterocycles. The van der Waals surface area contributed by atoms with Gasteiger partial charge >= 0.3 is 0 Å². The largest absolute Gasteiger partial charge is 0.497 e. The van der Waals surface area contributed by atoms with E-state index in [0.29, 0.717) is 18.5 Å². The Kier molecular flexibility index (Phi) is 6.07. The third kappa shape index (κ3) is 4.50. The van der Waals surface area contributed by atoms with Gasteiger partial charge in [0.05, 0.1) is 7.11 Å². The summed E-state index contributed by atoms with van der Waals surface area (Å²) in [4.78, 5) is 29.5. The first-order valence-corrected chi connectivity index (χ1v) is 10.8. The van der Waals surface area contributed by atoms with Crippen LogP contribution in [0, 0.1) is 5.41 Å². The van der Waals surface area contributed by atoms with Crippen LogP contribution < -0.4 is 4.74 Å². The van der Waals surface area contributed by atoms with Crippen LogP contribution in [-0.2, 0) is 11.3 Å². The molecule has 2 aromatic rings. The second kappa shape index (κ2) is 8.90. The molecule has 1 spiro atoms. The average Bonchev–Trinajstić information content (AvgIpc) is 2.94. The Hall–Kier alpha value is -2.82. The van der Waals surface area contributed by atoms with Gasteiger partial charge in [0, 0.05) is 38.2 Å². The van der Waals surface area contributed by atoms with Crippen molar-refractivity contribution in [2.24, 2.45) is 5.41 Å².